The van der Waals surface area contributed by atoms with Gasteiger partial charge in [0.1, 0.15) is 5.52 Å². The minimum absolute atomic E-state index is 0.0124. The third-order valence-corrected chi connectivity index (χ3v) is 2.69. The maximum absolute atomic E-state index is 11.6. The molecule has 0 aliphatic carbocycles. The molecule has 84 valence electrons. The number of H-pyrrole nitrogens is 1. The molecule has 0 spiro atoms. The fourth-order valence-corrected chi connectivity index (χ4v) is 1.85. The number of fused-ring (bicyclic) bond motifs is 1. The zero-order valence-electron chi connectivity index (χ0n) is 8.52. The molecule has 5 N–H and O–H groups in total. The summed E-state index contributed by atoms with van der Waals surface area (Å²) < 4.78 is 0. The second-order valence-electron chi connectivity index (χ2n) is 2.97. The van der Waals surface area contributed by atoms with Crippen molar-refractivity contribution in [1.82, 2.24) is 19.9 Å². The largest absolute Gasteiger partial charge is 0.382 e. The van der Waals surface area contributed by atoms with Crippen LogP contribution in [0.15, 0.2) is 9.82 Å². The second kappa shape index (κ2) is 3.97. The van der Waals surface area contributed by atoms with Gasteiger partial charge in [0.25, 0.3) is 5.56 Å². The number of nitrogens with two attached hydrogens (primary N) is 2. The molecule has 2 rings (SSSR count). The number of rotatable bonds is 2. The Morgan fingerprint density at radius 1 is 1.31 bits per heavy atom. The molecule has 0 radical (unpaired) electrons. The van der Waals surface area contributed by atoms with Crippen LogP contribution in [-0.4, -0.2) is 25.7 Å². The van der Waals surface area contributed by atoms with E-state index in [0.717, 1.165) is 5.75 Å². The van der Waals surface area contributed by atoms with E-state index in [1.54, 1.807) is 0 Å². The highest BCUT2D eigenvalue weighted by molar-refractivity contribution is 7.99. The Balaban J connectivity index is 2.74. The third kappa shape index (κ3) is 1.78. The minimum Gasteiger partial charge on any atom is -0.382 e. The molecular formula is C8H10N6OS. The van der Waals surface area contributed by atoms with E-state index in [1.807, 2.05) is 6.92 Å². The molecule has 0 saturated heterocycles. The molecule has 7 nitrogen and oxygen atoms in total. The van der Waals surface area contributed by atoms with Crippen molar-refractivity contribution in [2.24, 2.45) is 0 Å². The molecule has 2 aromatic heterocycles. The summed E-state index contributed by atoms with van der Waals surface area (Å²) in [6, 6.07) is 0. The first kappa shape index (κ1) is 10.7. The molecule has 2 heterocycles. The van der Waals surface area contributed by atoms with Gasteiger partial charge in [-0.2, -0.15) is 9.97 Å². The highest BCUT2D eigenvalue weighted by Crippen LogP contribution is 2.17. The van der Waals surface area contributed by atoms with E-state index in [4.69, 9.17) is 11.5 Å². The van der Waals surface area contributed by atoms with Crippen molar-refractivity contribution in [2.75, 3.05) is 17.2 Å². The Hall–Kier alpha value is -1.83. The Morgan fingerprint density at radius 2 is 2.06 bits per heavy atom. The Kier molecular flexibility index (Phi) is 2.65. The average molecular weight is 238 g/mol. The van der Waals surface area contributed by atoms with Crippen molar-refractivity contribution >= 4 is 34.7 Å². The molecule has 0 fully saturated rings. The number of hydrogen-bond donors (Lipinski definition) is 3. The summed E-state index contributed by atoms with van der Waals surface area (Å²) in [5.41, 5.74) is 11.4. The van der Waals surface area contributed by atoms with Gasteiger partial charge in [0.2, 0.25) is 5.95 Å². The molecule has 0 aliphatic heterocycles. The monoisotopic (exact) mass is 238 g/mol. The van der Waals surface area contributed by atoms with E-state index in [9.17, 15) is 4.79 Å². The summed E-state index contributed by atoms with van der Waals surface area (Å²) in [7, 11) is 0. The smallest absolute Gasteiger partial charge is 0.282 e. The molecule has 0 atom stereocenters. The van der Waals surface area contributed by atoms with Gasteiger partial charge in [0, 0.05) is 0 Å². The van der Waals surface area contributed by atoms with Gasteiger partial charge in [-0.15, -0.1) is 11.8 Å². The normalized spacial score (nSPS) is 10.8. The Labute approximate surface area is 94.7 Å². The first-order valence-corrected chi connectivity index (χ1v) is 5.56. The van der Waals surface area contributed by atoms with E-state index in [2.05, 4.69) is 19.9 Å². The predicted molar refractivity (Wildman–Crippen MR) is 63.2 cm³/mol. The van der Waals surface area contributed by atoms with Crippen LogP contribution in [-0.2, 0) is 0 Å². The number of nitrogen functional groups attached to an aromatic ring is 2. The molecule has 0 aliphatic rings. The van der Waals surface area contributed by atoms with Crippen LogP contribution in [0.25, 0.3) is 11.2 Å². The van der Waals surface area contributed by atoms with Crippen LogP contribution < -0.4 is 17.0 Å². The van der Waals surface area contributed by atoms with Gasteiger partial charge in [0.15, 0.2) is 16.5 Å². The maximum Gasteiger partial charge on any atom is 0.282 e. The lowest BCUT2D eigenvalue weighted by Gasteiger charge is -2.03. The lowest BCUT2D eigenvalue weighted by molar-refractivity contribution is 1.03. The zero-order chi connectivity index (χ0) is 11.7. The first-order chi connectivity index (χ1) is 7.61. The Morgan fingerprint density at radius 3 is 2.75 bits per heavy atom. The fourth-order valence-electron chi connectivity index (χ4n) is 1.24. The molecule has 16 heavy (non-hydrogen) atoms. The van der Waals surface area contributed by atoms with Gasteiger partial charge >= 0.3 is 0 Å². The van der Waals surface area contributed by atoms with Gasteiger partial charge in [-0.25, -0.2) is 4.98 Å². The number of hydrogen-bond acceptors (Lipinski definition) is 7. The van der Waals surface area contributed by atoms with Crippen molar-refractivity contribution in [3.63, 3.8) is 0 Å². The number of nitrogens with zero attached hydrogens (tertiary/aromatic N) is 3. The fraction of sp³-hybridized carbons (Fsp3) is 0.250. The minimum atomic E-state index is -0.295. The van der Waals surface area contributed by atoms with Gasteiger partial charge < -0.3 is 16.5 Å². The summed E-state index contributed by atoms with van der Waals surface area (Å²) in [6.45, 7) is 1.93. The standard InChI is InChI=1S/C8H10N6OS/c1-2-16-7-6(15)13-5-3(11-7)4(9)12-8(10)14-5/h2H2,1H3,(H5,9,10,12,13,14,15). The predicted octanol–water partition coefficient (Wildman–Crippen LogP) is -0.0105. The van der Waals surface area contributed by atoms with Crippen LogP contribution in [0.1, 0.15) is 6.92 Å². The van der Waals surface area contributed by atoms with Gasteiger partial charge in [-0.3, -0.25) is 4.79 Å². The maximum atomic E-state index is 11.6. The number of nitrogens with one attached hydrogen (secondary N) is 1. The van der Waals surface area contributed by atoms with E-state index in [1.165, 1.54) is 11.8 Å². The molecule has 8 heteroatoms. The molecule has 0 saturated carbocycles. The van der Waals surface area contributed by atoms with E-state index >= 15 is 0 Å². The van der Waals surface area contributed by atoms with E-state index in [-0.39, 0.29) is 23.0 Å². The highest BCUT2D eigenvalue weighted by atomic mass is 32.2. The SMILES string of the molecule is CCSc1nc2c(N)nc(N)nc2[nH]c1=O. The number of aromatic amines is 1. The van der Waals surface area contributed by atoms with Crippen LogP contribution in [0.5, 0.6) is 0 Å². The lowest BCUT2D eigenvalue weighted by atomic mass is 10.5. The summed E-state index contributed by atoms with van der Waals surface area (Å²) in [6.07, 6.45) is 0. The molecule has 0 aromatic carbocycles. The van der Waals surface area contributed by atoms with Crippen LogP contribution in [0.2, 0.25) is 0 Å². The van der Waals surface area contributed by atoms with Crippen LogP contribution in [0.4, 0.5) is 11.8 Å². The van der Waals surface area contributed by atoms with Crippen LogP contribution in [0.3, 0.4) is 0 Å². The van der Waals surface area contributed by atoms with Crippen molar-refractivity contribution in [1.29, 1.82) is 0 Å². The van der Waals surface area contributed by atoms with Gasteiger partial charge in [-0.05, 0) is 5.75 Å². The molecular weight excluding hydrogens is 228 g/mol. The summed E-state index contributed by atoms with van der Waals surface area (Å²) in [5.74, 6) is 0.923. The molecule has 0 unspecified atom stereocenters. The number of thioether (sulfide) groups is 1. The van der Waals surface area contributed by atoms with Crippen molar-refractivity contribution in [3.8, 4) is 0 Å². The summed E-state index contributed by atoms with van der Waals surface area (Å²) in [5, 5.41) is 0.357. The highest BCUT2D eigenvalue weighted by Gasteiger charge is 2.09. The third-order valence-electron chi connectivity index (χ3n) is 1.85. The van der Waals surface area contributed by atoms with Crippen molar-refractivity contribution in [2.45, 2.75) is 11.9 Å². The zero-order valence-corrected chi connectivity index (χ0v) is 9.34. The molecule has 0 bridgehead atoms. The van der Waals surface area contributed by atoms with Crippen LogP contribution >= 0.6 is 11.8 Å². The van der Waals surface area contributed by atoms with Crippen molar-refractivity contribution in [3.05, 3.63) is 10.4 Å². The van der Waals surface area contributed by atoms with Gasteiger partial charge in [0.05, 0.1) is 0 Å². The van der Waals surface area contributed by atoms with Gasteiger partial charge in [-0.1, -0.05) is 6.92 Å². The summed E-state index contributed by atoms with van der Waals surface area (Å²) >= 11 is 1.33. The molecule has 2 aromatic rings. The first-order valence-electron chi connectivity index (χ1n) is 4.57. The number of anilines is 2. The Bertz CT molecular complexity index is 595. The van der Waals surface area contributed by atoms with Crippen LogP contribution in [0, 0.1) is 0 Å². The number of aromatic nitrogens is 4. The summed E-state index contributed by atoms with van der Waals surface area (Å²) in [4.78, 5) is 25.9. The van der Waals surface area contributed by atoms with Crippen molar-refractivity contribution < 1.29 is 0 Å². The lowest BCUT2D eigenvalue weighted by Crippen LogP contribution is -2.14. The second-order valence-corrected chi connectivity index (χ2v) is 4.22. The quantitative estimate of drug-likeness (QED) is 0.628. The molecule has 0 amide bonds. The average Bonchev–Trinajstić information content (AvgIpc) is 2.20. The topological polar surface area (TPSA) is 124 Å². The van der Waals surface area contributed by atoms with E-state index in [0.29, 0.717) is 10.5 Å². The van der Waals surface area contributed by atoms with E-state index < -0.39 is 0 Å².